The maximum Gasteiger partial charge on any atom is 0.181 e. The first-order chi connectivity index (χ1) is 11.7. The second-order valence-corrected chi connectivity index (χ2v) is 5.85. The molecule has 2 heterocycles. The van der Waals surface area contributed by atoms with E-state index in [0.717, 1.165) is 39.2 Å². The zero-order valence-electron chi connectivity index (χ0n) is 13.3. The largest absolute Gasteiger partial charge is 0.398 e. The molecule has 2 aromatic carbocycles. The van der Waals surface area contributed by atoms with Gasteiger partial charge in [-0.2, -0.15) is 5.10 Å². The lowest BCUT2D eigenvalue weighted by Gasteiger charge is -2.01. The number of nitrogens with two attached hydrogens (primary N) is 1. The first-order valence-corrected chi connectivity index (χ1v) is 7.81. The summed E-state index contributed by atoms with van der Waals surface area (Å²) in [6, 6.07) is 18.0. The first kappa shape index (κ1) is 14.4. The van der Waals surface area contributed by atoms with Gasteiger partial charge in [-0.1, -0.05) is 36.4 Å². The number of nitrogens with zero attached hydrogens (tertiary/aromatic N) is 3. The van der Waals surface area contributed by atoms with Crippen molar-refractivity contribution in [3.8, 4) is 11.4 Å². The van der Waals surface area contributed by atoms with E-state index < -0.39 is 0 Å². The summed E-state index contributed by atoms with van der Waals surface area (Å²) in [4.78, 5) is 9.23. The van der Waals surface area contributed by atoms with Gasteiger partial charge in [-0.25, -0.2) is 4.98 Å². The molecule has 0 aliphatic carbocycles. The number of fused-ring (bicyclic) bond motifs is 1. The molecule has 24 heavy (non-hydrogen) atoms. The van der Waals surface area contributed by atoms with Crippen LogP contribution in [0.1, 0.15) is 17.1 Å². The van der Waals surface area contributed by atoms with E-state index in [1.807, 2.05) is 49.4 Å². The Bertz CT molecular complexity index is 1020. The molecule has 0 aliphatic heterocycles. The number of H-pyrrole nitrogens is 1. The predicted molar refractivity (Wildman–Crippen MR) is 95.5 cm³/mol. The van der Waals surface area contributed by atoms with E-state index in [2.05, 4.69) is 32.3 Å². The van der Waals surface area contributed by atoms with Crippen molar-refractivity contribution in [1.29, 1.82) is 0 Å². The van der Waals surface area contributed by atoms with Crippen LogP contribution in [0.2, 0.25) is 0 Å². The first-order valence-electron chi connectivity index (χ1n) is 7.81. The summed E-state index contributed by atoms with van der Waals surface area (Å²) in [5.74, 6) is 1.43. The topological polar surface area (TPSA) is 80.5 Å². The summed E-state index contributed by atoms with van der Waals surface area (Å²) in [7, 11) is 0. The van der Waals surface area contributed by atoms with Crippen molar-refractivity contribution in [2.75, 3.05) is 5.73 Å². The van der Waals surface area contributed by atoms with Crippen LogP contribution in [0.25, 0.3) is 22.3 Å². The SMILES string of the molecule is Cc1ccc(-c2n[nH]c(Cc3ccc4ccccc4n3)n2)cc1N. The summed E-state index contributed by atoms with van der Waals surface area (Å²) in [5.41, 5.74) is 10.6. The van der Waals surface area contributed by atoms with Crippen LogP contribution in [0.4, 0.5) is 5.69 Å². The second kappa shape index (κ2) is 5.77. The number of pyridine rings is 1. The minimum atomic E-state index is 0.610. The number of anilines is 1. The molecule has 118 valence electrons. The van der Waals surface area contributed by atoms with Crippen LogP contribution in [-0.2, 0) is 6.42 Å². The lowest BCUT2D eigenvalue weighted by molar-refractivity contribution is 0.948. The number of para-hydroxylation sites is 1. The van der Waals surface area contributed by atoms with Gasteiger partial charge in [-0.05, 0) is 30.7 Å². The molecule has 0 atom stereocenters. The van der Waals surface area contributed by atoms with E-state index in [1.54, 1.807) is 0 Å². The molecular weight excluding hydrogens is 298 g/mol. The maximum atomic E-state index is 5.97. The van der Waals surface area contributed by atoms with Gasteiger partial charge in [-0.15, -0.1) is 0 Å². The summed E-state index contributed by atoms with van der Waals surface area (Å²) >= 11 is 0. The monoisotopic (exact) mass is 315 g/mol. The van der Waals surface area contributed by atoms with Crippen LogP contribution in [0.5, 0.6) is 0 Å². The van der Waals surface area contributed by atoms with Crippen LogP contribution in [0.15, 0.2) is 54.6 Å². The number of rotatable bonds is 3. The van der Waals surface area contributed by atoms with E-state index in [1.165, 1.54) is 0 Å². The normalized spacial score (nSPS) is 11.0. The molecule has 0 fully saturated rings. The van der Waals surface area contributed by atoms with Crippen molar-refractivity contribution in [3.63, 3.8) is 0 Å². The molecule has 0 aliphatic rings. The van der Waals surface area contributed by atoms with Crippen LogP contribution in [0, 0.1) is 6.92 Å². The highest BCUT2D eigenvalue weighted by Crippen LogP contribution is 2.21. The second-order valence-electron chi connectivity index (χ2n) is 5.85. The Balaban J connectivity index is 1.61. The number of benzene rings is 2. The van der Waals surface area contributed by atoms with Gasteiger partial charge in [0.15, 0.2) is 5.82 Å². The molecule has 3 N–H and O–H groups in total. The Kier molecular flexibility index (Phi) is 3.46. The fourth-order valence-corrected chi connectivity index (χ4v) is 2.66. The standard InChI is InChI=1S/C19H17N5/c1-12-6-7-14(10-16(12)20)19-22-18(23-24-19)11-15-9-8-13-4-2-3-5-17(13)21-15/h2-10H,11,20H2,1H3,(H,22,23,24). The van der Waals surface area contributed by atoms with E-state index in [9.17, 15) is 0 Å². The number of hydrogen-bond acceptors (Lipinski definition) is 4. The molecule has 0 saturated carbocycles. The van der Waals surface area contributed by atoms with Crippen molar-refractivity contribution in [3.05, 3.63) is 71.7 Å². The molecule has 0 unspecified atom stereocenters. The third kappa shape index (κ3) is 2.72. The molecule has 5 heteroatoms. The Labute approximate surface area is 139 Å². The molecular formula is C19H17N5. The van der Waals surface area contributed by atoms with E-state index in [0.29, 0.717) is 12.2 Å². The molecule has 0 spiro atoms. The Morgan fingerprint density at radius 3 is 2.75 bits per heavy atom. The number of nitrogens with one attached hydrogen (secondary N) is 1. The minimum absolute atomic E-state index is 0.610. The van der Waals surface area contributed by atoms with Gasteiger partial charge in [0, 0.05) is 28.8 Å². The van der Waals surface area contributed by atoms with E-state index >= 15 is 0 Å². The molecule has 2 aromatic heterocycles. The fraction of sp³-hybridized carbons (Fsp3) is 0.105. The van der Waals surface area contributed by atoms with Gasteiger partial charge in [0.1, 0.15) is 5.82 Å². The number of aromatic nitrogens is 4. The van der Waals surface area contributed by atoms with Crippen molar-refractivity contribution >= 4 is 16.6 Å². The molecule has 0 saturated heterocycles. The van der Waals surface area contributed by atoms with Crippen molar-refractivity contribution in [2.24, 2.45) is 0 Å². The van der Waals surface area contributed by atoms with E-state index in [-0.39, 0.29) is 0 Å². The predicted octanol–water partition coefficient (Wildman–Crippen LogP) is 3.50. The van der Waals surface area contributed by atoms with Gasteiger partial charge in [0.05, 0.1) is 5.52 Å². The molecule has 5 nitrogen and oxygen atoms in total. The Hall–Kier alpha value is -3.21. The van der Waals surface area contributed by atoms with Gasteiger partial charge in [-0.3, -0.25) is 10.1 Å². The summed E-state index contributed by atoms with van der Waals surface area (Å²) < 4.78 is 0. The lowest BCUT2D eigenvalue weighted by Crippen LogP contribution is -1.95. The summed E-state index contributed by atoms with van der Waals surface area (Å²) in [6.07, 6.45) is 0.610. The highest BCUT2D eigenvalue weighted by Gasteiger charge is 2.09. The number of nitrogen functional groups attached to an aromatic ring is 1. The van der Waals surface area contributed by atoms with Crippen molar-refractivity contribution < 1.29 is 0 Å². The number of aromatic amines is 1. The lowest BCUT2D eigenvalue weighted by atomic mass is 10.1. The zero-order chi connectivity index (χ0) is 16.5. The highest BCUT2D eigenvalue weighted by atomic mass is 15.2. The molecule has 0 radical (unpaired) electrons. The number of hydrogen-bond donors (Lipinski definition) is 2. The highest BCUT2D eigenvalue weighted by molar-refractivity contribution is 5.78. The quantitative estimate of drug-likeness (QED) is 0.567. The van der Waals surface area contributed by atoms with Crippen molar-refractivity contribution in [2.45, 2.75) is 13.3 Å². The van der Waals surface area contributed by atoms with Gasteiger partial charge in [0.25, 0.3) is 0 Å². The fourth-order valence-electron chi connectivity index (χ4n) is 2.66. The Morgan fingerprint density at radius 2 is 1.88 bits per heavy atom. The third-order valence-corrected chi connectivity index (χ3v) is 4.07. The smallest absolute Gasteiger partial charge is 0.181 e. The van der Waals surface area contributed by atoms with Gasteiger partial charge < -0.3 is 5.73 Å². The molecule has 4 aromatic rings. The summed E-state index contributed by atoms with van der Waals surface area (Å²) in [5, 5.41) is 8.42. The maximum absolute atomic E-state index is 5.97. The van der Waals surface area contributed by atoms with Crippen molar-refractivity contribution in [1.82, 2.24) is 20.2 Å². The van der Waals surface area contributed by atoms with Gasteiger partial charge in [0.2, 0.25) is 0 Å². The summed E-state index contributed by atoms with van der Waals surface area (Å²) in [6.45, 7) is 1.98. The van der Waals surface area contributed by atoms with Crippen LogP contribution < -0.4 is 5.73 Å². The van der Waals surface area contributed by atoms with Crippen LogP contribution >= 0.6 is 0 Å². The average Bonchev–Trinajstić information content (AvgIpc) is 3.06. The average molecular weight is 315 g/mol. The number of aryl methyl sites for hydroxylation is 1. The molecule has 0 bridgehead atoms. The van der Waals surface area contributed by atoms with E-state index in [4.69, 9.17) is 5.73 Å². The van der Waals surface area contributed by atoms with Crippen LogP contribution in [-0.4, -0.2) is 20.2 Å². The molecule has 0 amide bonds. The molecule has 4 rings (SSSR count). The zero-order valence-corrected chi connectivity index (χ0v) is 13.3. The van der Waals surface area contributed by atoms with Gasteiger partial charge >= 0.3 is 0 Å². The Morgan fingerprint density at radius 1 is 1.00 bits per heavy atom. The minimum Gasteiger partial charge on any atom is -0.398 e. The third-order valence-electron chi connectivity index (χ3n) is 4.07. The van der Waals surface area contributed by atoms with Crippen LogP contribution in [0.3, 0.4) is 0 Å².